The molecule has 0 bridgehead atoms. The highest BCUT2D eigenvalue weighted by Crippen LogP contribution is 2.46. The number of carbonyl (C=O) groups excluding carboxylic acids is 7. The molecule has 0 unspecified atom stereocenters. The summed E-state index contributed by atoms with van der Waals surface area (Å²) in [6.07, 6.45) is -8.72. The highest BCUT2D eigenvalue weighted by atomic mass is 35.5. The van der Waals surface area contributed by atoms with Gasteiger partial charge in [-0.25, -0.2) is 14.4 Å². The van der Waals surface area contributed by atoms with E-state index in [1.807, 2.05) is 24.3 Å². The van der Waals surface area contributed by atoms with Crippen molar-refractivity contribution in [1.82, 2.24) is 9.80 Å². The number of carbonyl (C=O) groups is 7. The molecule has 0 saturated carbocycles. The van der Waals surface area contributed by atoms with Gasteiger partial charge in [-0.15, -0.1) is 11.6 Å². The van der Waals surface area contributed by atoms with Crippen LogP contribution < -0.4 is 14.4 Å². The molecule has 2 aliphatic rings. The van der Waals surface area contributed by atoms with E-state index in [9.17, 15) is 33.6 Å². The SMILES string of the molecule is CC(=O)OC[C@H]1O[C@@H](Oc2ccc(COC(=O)N(C)CCN(C)C(=O)Oc3cc4c(c5ccccc35)[C@H](CCl)CN4C(=O)OC(C)(C)C)cc2)[C@H](OC(C)=O)[C@@H](OC(C)=O)[C@H]1OC(C)=O. The summed E-state index contributed by atoms with van der Waals surface area (Å²) in [5.74, 6) is -2.47. The minimum Gasteiger partial charge on any atom is -0.463 e. The van der Waals surface area contributed by atoms with E-state index < -0.39 is 85.1 Å². The van der Waals surface area contributed by atoms with Crippen molar-refractivity contribution in [2.75, 3.05) is 51.1 Å². The van der Waals surface area contributed by atoms with E-state index in [0.717, 1.165) is 31.7 Å². The molecule has 1 saturated heterocycles. The molecule has 0 N–H and O–H groups in total. The number of halogens is 1. The van der Waals surface area contributed by atoms with Crippen LogP contribution in [0.3, 0.4) is 0 Å². The van der Waals surface area contributed by atoms with Crippen molar-refractivity contribution in [2.45, 2.75) is 97.3 Å². The summed E-state index contributed by atoms with van der Waals surface area (Å²) in [5.41, 5.74) is 1.23. The van der Waals surface area contributed by atoms with Crippen LogP contribution >= 0.6 is 11.6 Å². The minimum absolute atomic E-state index is 0.0803. The number of ether oxygens (including phenoxy) is 9. The Bertz CT molecular complexity index is 2250. The first-order chi connectivity index (χ1) is 30.6. The Morgan fingerprint density at radius 2 is 1.34 bits per heavy atom. The van der Waals surface area contributed by atoms with Gasteiger partial charge in [0.25, 0.3) is 0 Å². The van der Waals surface area contributed by atoms with E-state index >= 15 is 0 Å². The van der Waals surface area contributed by atoms with Gasteiger partial charge in [-0.2, -0.15) is 0 Å². The highest BCUT2D eigenvalue weighted by Gasteiger charge is 2.53. The molecule has 0 spiro atoms. The van der Waals surface area contributed by atoms with E-state index in [1.54, 1.807) is 39.0 Å². The lowest BCUT2D eigenvalue weighted by molar-refractivity contribution is -0.288. The molecule has 0 radical (unpaired) electrons. The van der Waals surface area contributed by atoms with Crippen LogP contribution in [0.5, 0.6) is 11.5 Å². The van der Waals surface area contributed by atoms with Crippen molar-refractivity contribution in [3.8, 4) is 11.5 Å². The van der Waals surface area contributed by atoms with Gasteiger partial charge in [-0.3, -0.25) is 24.1 Å². The van der Waals surface area contributed by atoms with Crippen molar-refractivity contribution >= 4 is 70.2 Å². The van der Waals surface area contributed by atoms with Crippen LogP contribution in [0.15, 0.2) is 54.6 Å². The molecule has 65 heavy (non-hydrogen) atoms. The van der Waals surface area contributed by atoms with Crippen molar-refractivity contribution < 1.29 is 76.2 Å². The Morgan fingerprint density at radius 1 is 0.754 bits per heavy atom. The van der Waals surface area contributed by atoms with Crippen LogP contribution in [0.4, 0.5) is 20.1 Å². The van der Waals surface area contributed by atoms with Gasteiger partial charge in [0.1, 0.15) is 36.4 Å². The molecule has 3 aromatic carbocycles. The summed E-state index contributed by atoms with van der Waals surface area (Å²) in [6.45, 7) is 9.76. The summed E-state index contributed by atoms with van der Waals surface area (Å²) in [7, 11) is 3.04. The summed E-state index contributed by atoms with van der Waals surface area (Å²) in [4.78, 5) is 91.8. The van der Waals surface area contributed by atoms with Gasteiger partial charge >= 0.3 is 42.2 Å². The molecule has 20 heteroatoms. The van der Waals surface area contributed by atoms with Crippen molar-refractivity contribution in [3.63, 3.8) is 0 Å². The smallest absolute Gasteiger partial charge is 0.415 e. The molecule has 2 heterocycles. The lowest BCUT2D eigenvalue weighted by Crippen LogP contribution is -2.63. The number of rotatable bonds is 14. The maximum atomic E-state index is 13.4. The number of likely N-dealkylation sites (N-methyl/N-ethyl adjacent to an activating group) is 2. The molecule has 3 aromatic rings. The standard InChI is InChI=1S/C45H54ClN3O16/c1-25(50)57-24-36-38(59-26(2)51)39(60-27(3)52)40(61-28(4)53)41(63-36)62-31-16-14-29(15-17-31)23-58-42(54)47(8)18-19-48(9)43(55)64-35-20-34-37(33-13-11-10-12-32(33)35)30(21-46)22-49(34)44(56)65-45(5,6)7/h10-17,20,30,36,38-41H,18-19,21-24H2,1-9H3/t30-,36-,38+,39+,40-,41-/m1/s1. The summed E-state index contributed by atoms with van der Waals surface area (Å²) < 4.78 is 50.5. The third-order valence-corrected chi connectivity index (χ3v) is 10.4. The third kappa shape index (κ3) is 13.1. The maximum absolute atomic E-state index is 13.4. The van der Waals surface area contributed by atoms with Crippen LogP contribution in [0.2, 0.25) is 0 Å². The summed E-state index contributed by atoms with van der Waals surface area (Å²) in [6, 6.07) is 15.3. The Kier molecular flexibility index (Phi) is 16.5. The van der Waals surface area contributed by atoms with E-state index in [-0.39, 0.29) is 43.0 Å². The number of hydrogen-bond acceptors (Lipinski definition) is 16. The van der Waals surface area contributed by atoms with Gasteiger partial charge < -0.3 is 52.4 Å². The summed E-state index contributed by atoms with van der Waals surface area (Å²) >= 11 is 6.38. The molecule has 352 valence electrons. The van der Waals surface area contributed by atoms with Gasteiger partial charge in [0.2, 0.25) is 12.4 Å². The molecule has 5 rings (SSSR count). The number of esters is 4. The largest absolute Gasteiger partial charge is 0.463 e. The average Bonchev–Trinajstić information content (AvgIpc) is 3.61. The predicted molar refractivity (Wildman–Crippen MR) is 231 cm³/mol. The first-order valence-corrected chi connectivity index (χ1v) is 21.2. The maximum Gasteiger partial charge on any atom is 0.415 e. The molecular formula is C45H54ClN3O16. The molecule has 0 aromatic heterocycles. The lowest BCUT2D eigenvalue weighted by atomic mass is 9.95. The summed E-state index contributed by atoms with van der Waals surface area (Å²) in [5, 5.41) is 1.45. The van der Waals surface area contributed by atoms with Gasteiger partial charge in [0, 0.05) is 84.7 Å². The zero-order valence-electron chi connectivity index (χ0n) is 37.7. The van der Waals surface area contributed by atoms with E-state index in [0.29, 0.717) is 23.2 Å². The van der Waals surface area contributed by atoms with Gasteiger partial charge in [0.15, 0.2) is 12.2 Å². The third-order valence-electron chi connectivity index (χ3n) is 10.0. The van der Waals surface area contributed by atoms with Crippen LogP contribution in [0.25, 0.3) is 10.8 Å². The Balaban J connectivity index is 1.19. The Labute approximate surface area is 380 Å². The number of nitrogens with zero attached hydrogens (tertiary/aromatic N) is 3. The number of anilines is 1. The fourth-order valence-corrected chi connectivity index (χ4v) is 7.36. The van der Waals surface area contributed by atoms with Gasteiger partial charge in [-0.05, 0) is 49.4 Å². The topological polar surface area (TPSA) is 212 Å². The number of benzene rings is 3. The second kappa shape index (κ2) is 21.6. The number of amides is 3. The molecule has 1 fully saturated rings. The minimum atomic E-state index is -1.44. The first kappa shape index (κ1) is 49.7. The van der Waals surface area contributed by atoms with Crippen LogP contribution in [-0.4, -0.2) is 134 Å². The van der Waals surface area contributed by atoms with Crippen molar-refractivity contribution in [2.24, 2.45) is 0 Å². The fourth-order valence-electron chi connectivity index (χ4n) is 7.10. The number of fused-ring (bicyclic) bond motifs is 3. The fraction of sp³-hybridized carbons (Fsp3) is 0.489. The molecule has 3 amide bonds. The predicted octanol–water partition coefficient (Wildman–Crippen LogP) is 6.08. The van der Waals surface area contributed by atoms with E-state index in [1.165, 1.54) is 47.9 Å². The Morgan fingerprint density at radius 3 is 1.92 bits per heavy atom. The number of alkyl halides is 1. The van der Waals surface area contributed by atoms with Gasteiger partial charge in [0.05, 0.1) is 5.69 Å². The van der Waals surface area contributed by atoms with Gasteiger partial charge in [-0.1, -0.05) is 36.4 Å². The first-order valence-electron chi connectivity index (χ1n) is 20.6. The molecule has 19 nitrogen and oxygen atoms in total. The molecule has 6 atom stereocenters. The Hall–Kier alpha value is -6.34. The monoisotopic (exact) mass is 927 g/mol. The van der Waals surface area contributed by atoms with Crippen molar-refractivity contribution in [1.29, 1.82) is 0 Å². The van der Waals surface area contributed by atoms with E-state index in [4.69, 9.17) is 54.2 Å². The quantitative estimate of drug-likeness (QED) is 0.102. The highest BCUT2D eigenvalue weighted by molar-refractivity contribution is 6.19. The second-order valence-corrected chi connectivity index (χ2v) is 16.7. The van der Waals surface area contributed by atoms with Crippen LogP contribution in [0, 0.1) is 0 Å². The second-order valence-electron chi connectivity index (χ2n) is 16.4. The van der Waals surface area contributed by atoms with E-state index in [2.05, 4.69) is 0 Å². The average molecular weight is 928 g/mol. The molecule has 2 aliphatic heterocycles. The lowest BCUT2D eigenvalue weighted by Gasteiger charge is -2.43. The van der Waals surface area contributed by atoms with Crippen molar-refractivity contribution in [3.05, 3.63) is 65.7 Å². The molecule has 0 aliphatic carbocycles. The zero-order chi connectivity index (χ0) is 47.7. The zero-order valence-corrected chi connectivity index (χ0v) is 38.4. The normalized spacial score (nSPS) is 20.1. The molecular weight excluding hydrogens is 874 g/mol. The van der Waals surface area contributed by atoms with Crippen LogP contribution in [0.1, 0.15) is 65.5 Å². The number of hydrogen-bond donors (Lipinski definition) is 0. The van der Waals surface area contributed by atoms with Crippen LogP contribution in [-0.2, 0) is 58.9 Å².